The molecule has 0 amide bonds. The molecule has 0 unspecified atom stereocenters. The normalized spacial score (nSPS) is 39.0. The molecule has 1 N–H and O–H groups in total. The van der Waals surface area contributed by atoms with Gasteiger partial charge in [-0.1, -0.05) is 72.8 Å². The number of carboxylic acid groups (broad SMARTS) is 1. The largest absolute Gasteiger partial charge is 0.481 e. The van der Waals surface area contributed by atoms with Crippen LogP contribution in [0.3, 0.4) is 0 Å². The zero-order chi connectivity index (χ0) is 27.6. The van der Waals surface area contributed by atoms with E-state index >= 15 is 0 Å². The lowest BCUT2D eigenvalue weighted by Gasteiger charge is -2.61. The molecule has 0 spiro atoms. The number of hydrogen-bond acceptors (Lipinski definition) is 3. The topological polar surface area (TPSA) is 63.6 Å². The van der Waals surface area contributed by atoms with Gasteiger partial charge in [0.1, 0.15) is 6.10 Å². The maximum Gasteiger partial charge on any atom is 0.306 e. The number of rotatable bonds is 7. The number of carboxylic acids is 1. The Bertz CT molecular complexity index is 1030. The Morgan fingerprint density at radius 2 is 1.76 bits per heavy atom. The third kappa shape index (κ3) is 4.25. The first-order valence-corrected chi connectivity index (χ1v) is 14.6. The fourth-order valence-corrected chi connectivity index (χ4v) is 9.20. The zero-order valence-corrected chi connectivity index (χ0v) is 24.6. The highest BCUT2D eigenvalue weighted by Gasteiger charge is 2.64. The van der Waals surface area contributed by atoms with Crippen LogP contribution < -0.4 is 0 Å². The summed E-state index contributed by atoms with van der Waals surface area (Å²) < 4.78 is 5.82. The smallest absolute Gasteiger partial charge is 0.306 e. The van der Waals surface area contributed by atoms with E-state index in [4.69, 9.17) is 4.74 Å². The van der Waals surface area contributed by atoms with Crippen LogP contribution in [0.2, 0.25) is 0 Å². The van der Waals surface area contributed by atoms with Crippen LogP contribution in [0.25, 0.3) is 0 Å². The second kappa shape index (κ2) is 9.42. The van der Waals surface area contributed by atoms with Crippen molar-refractivity contribution in [2.45, 2.75) is 113 Å². The lowest BCUT2D eigenvalue weighted by Crippen LogP contribution is -2.55. The second-order valence-corrected chi connectivity index (χ2v) is 14.3. The molecule has 0 bridgehead atoms. The molecule has 4 nitrogen and oxygen atoms in total. The second-order valence-electron chi connectivity index (χ2n) is 14.3. The first-order valence-electron chi connectivity index (χ1n) is 14.6. The number of carbonyl (C=O) groups excluding carboxylic acids is 1. The number of fused-ring (bicyclic) bond motifs is 5. The van der Waals surface area contributed by atoms with Crippen molar-refractivity contribution in [2.75, 3.05) is 0 Å². The van der Waals surface area contributed by atoms with Crippen LogP contribution in [0.5, 0.6) is 0 Å². The molecule has 0 aromatic carbocycles. The van der Waals surface area contributed by atoms with Gasteiger partial charge in [0.2, 0.25) is 0 Å². The highest BCUT2D eigenvalue weighted by Crippen LogP contribution is 2.72. The van der Waals surface area contributed by atoms with Crippen molar-refractivity contribution in [2.24, 2.45) is 45.3 Å². The third-order valence-electron chi connectivity index (χ3n) is 11.9. The van der Waals surface area contributed by atoms with Gasteiger partial charge in [-0.3, -0.25) is 9.59 Å². The van der Waals surface area contributed by atoms with Gasteiger partial charge in [-0.15, -0.1) is 0 Å². The van der Waals surface area contributed by atoms with Crippen molar-refractivity contribution in [1.29, 1.82) is 0 Å². The minimum atomic E-state index is -0.642. The van der Waals surface area contributed by atoms with Crippen LogP contribution in [0.15, 0.2) is 35.5 Å². The van der Waals surface area contributed by atoms with Gasteiger partial charge in [-0.25, -0.2) is 0 Å². The molecule has 0 saturated heterocycles. The maximum absolute atomic E-state index is 12.6. The Hall–Kier alpha value is -1.84. The molecule has 2 fully saturated rings. The van der Waals surface area contributed by atoms with Crippen LogP contribution >= 0.6 is 0 Å². The summed E-state index contributed by atoms with van der Waals surface area (Å²) in [6.45, 7) is 21.8. The first kappa shape index (κ1) is 28.2. The predicted octanol–water partition coefficient (Wildman–Crippen LogP) is 8.14. The lowest BCUT2D eigenvalue weighted by molar-refractivity contribution is -0.165. The molecule has 0 aromatic rings. The van der Waals surface area contributed by atoms with Crippen molar-refractivity contribution in [1.82, 2.24) is 0 Å². The fraction of sp³-hybridized carbons (Fsp3) is 0.758. The zero-order valence-electron chi connectivity index (χ0n) is 24.6. The maximum atomic E-state index is 12.6. The number of hydrogen-bond donors (Lipinski definition) is 1. The SMILES string of the molecule is C=C(CC[C@@H](C(=O)O)[C@H]1CC[C@@]2(C)C3=CC[C@H]4C(C)(C)[C@@H](OC(C)=O)CC[C@]4(C)C3=CC[C@]12C)C(C)C. The molecule has 0 aliphatic heterocycles. The van der Waals surface area contributed by atoms with Gasteiger partial charge < -0.3 is 9.84 Å². The van der Waals surface area contributed by atoms with E-state index in [1.165, 1.54) is 18.1 Å². The molecular weight excluding hydrogens is 460 g/mol. The highest BCUT2D eigenvalue weighted by molar-refractivity contribution is 5.71. The minimum Gasteiger partial charge on any atom is -0.481 e. The van der Waals surface area contributed by atoms with Crippen LogP contribution in [-0.4, -0.2) is 23.1 Å². The van der Waals surface area contributed by atoms with Gasteiger partial charge in [0, 0.05) is 12.3 Å². The summed E-state index contributed by atoms with van der Waals surface area (Å²) in [5.74, 6) is -0.196. The van der Waals surface area contributed by atoms with E-state index in [0.29, 0.717) is 18.3 Å². The van der Waals surface area contributed by atoms with Gasteiger partial charge in [0.05, 0.1) is 5.92 Å². The number of carbonyl (C=O) groups is 2. The van der Waals surface area contributed by atoms with Gasteiger partial charge in [-0.2, -0.15) is 0 Å². The Labute approximate surface area is 225 Å². The third-order valence-corrected chi connectivity index (χ3v) is 11.9. The molecule has 4 heteroatoms. The molecule has 0 radical (unpaired) electrons. The van der Waals surface area contributed by atoms with E-state index in [9.17, 15) is 14.7 Å². The molecule has 37 heavy (non-hydrogen) atoms. The fourth-order valence-electron chi connectivity index (χ4n) is 9.20. The minimum absolute atomic E-state index is 0.0185. The summed E-state index contributed by atoms with van der Waals surface area (Å²) >= 11 is 0. The quantitative estimate of drug-likeness (QED) is 0.277. The molecule has 4 aliphatic carbocycles. The van der Waals surface area contributed by atoms with Crippen LogP contribution in [0.4, 0.5) is 0 Å². The van der Waals surface area contributed by atoms with Crippen LogP contribution in [-0.2, 0) is 14.3 Å². The first-order chi connectivity index (χ1) is 17.1. The van der Waals surface area contributed by atoms with Crippen LogP contribution in [0, 0.1) is 45.3 Å². The summed E-state index contributed by atoms with van der Waals surface area (Å²) in [7, 11) is 0. The Morgan fingerprint density at radius 3 is 2.35 bits per heavy atom. The molecule has 4 rings (SSSR count). The number of esters is 1. The standard InChI is InChI=1S/C33H50O4/c1-20(2)21(3)10-11-23(29(35)36)24-14-18-33(9)26-12-13-27-30(5,6)28(37-22(4)34)16-17-31(27,7)25(26)15-19-32(24,33)8/h12,15,20,23-24,27-28H,3,10-11,13-14,16-19H2,1-2,4-9H3,(H,35,36)/t23-,24-,27+,28+,31-,32-,33+/m1/s1. The Kier molecular flexibility index (Phi) is 7.17. The molecule has 206 valence electrons. The summed E-state index contributed by atoms with van der Waals surface area (Å²) in [6.07, 6.45) is 12.3. The van der Waals surface area contributed by atoms with E-state index in [-0.39, 0.29) is 45.6 Å². The number of ether oxygens (including phenoxy) is 1. The van der Waals surface area contributed by atoms with Gasteiger partial charge in [-0.05, 0) is 96.5 Å². The van der Waals surface area contributed by atoms with Crippen molar-refractivity contribution in [3.05, 3.63) is 35.5 Å². The highest BCUT2D eigenvalue weighted by atomic mass is 16.5. The Morgan fingerprint density at radius 1 is 1.08 bits per heavy atom. The van der Waals surface area contributed by atoms with E-state index < -0.39 is 5.97 Å². The molecule has 7 atom stereocenters. The van der Waals surface area contributed by atoms with E-state index in [0.717, 1.165) is 50.5 Å². The summed E-state index contributed by atoms with van der Waals surface area (Å²) in [5.41, 5.74) is 4.00. The van der Waals surface area contributed by atoms with Crippen molar-refractivity contribution in [3.8, 4) is 0 Å². The van der Waals surface area contributed by atoms with Crippen molar-refractivity contribution in [3.63, 3.8) is 0 Å². The summed E-state index contributed by atoms with van der Waals surface area (Å²) in [4.78, 5) is 24.4. The average molecular weight is 511 g/mol. The van der Waals surface area contributed by atoms with Crippen LogP contribution in [0.1, 0.15) is 107 Å². The predicted molar refractivity (Wildman–Crippen MR) is 149 cm³/mol. The van der Waals surface area contributed by atoms with Gasteiger partial charge in [0.15, 0.2) is 0 Å². The summed E-state index contributed by atoms with van der Waals surface area (Å²) in [6, 6.07) is 0. The molecule has 0 aromatic heterocycles. The van der Waals surface area contributed by atoms with E-state index in [1.807, 2.05) is 0 Å². The lowest BCUT2D eigenvalue weighted by atomic mass is 9.44. The number of allylic oxidation sites excluding steroid dienone is 5. The van der Waals surface area contributed by atoms with Crippen molar-refractivity contribution < 1.29 is 19.4 Å². The van der Waals surface area contributed by atoms with Crippen molar-refractivity contribution >= 4 is 11.9 Å². The van der Waals surface area contributed by atoms with E-state index in [1.54, 1.807) is 0 Å². The molecule has 4 aliphatic rings. The monoisotopic (exact) mass is 510 g/mol. The molecular formula is C33H50O4. The Balaban J connectivity index is 1.66. The van der Waals surface area contributed by atoms with Gasteiger partial charge in [0.25, 0.3) is 0 Å². The molecule has 0 heterocycles. The molecule has 2 saturated carbocycles. The van der Waals surface area contributed by atoms with Gasteiger partial charge >= 0.3 is 11.9 Å². The number of aliphatic carboxylic acids is 1. The summed E-state index contributed by atoms with van der Waals surface area (Å²) in [5, 5.41) is 10.4. The van der Waals surface area contributed by atoms with E-state index in [2.05, 4.69) is 67.2 Å². The average Bonchev–Trinajstić information content (AvgIpc) is 3.07.